The molecule has 3 rings (SSSR count). The van der Waals surface area contributed by atoms with E-state index in [0.29, 0.717) is 22.6 Å². The predicted molar refractivity (Wildman–Crippen MR) is 115 cm³/mol. The molecule has 150 valence electrons. The van der Waals surface area contributed by atoms with Crippen LogP contribution in [0.25, 0.3) is 11.6 Å². The second-order valence-corrected chi connectivity index (χ2v) is 6.55. The summed E-state index contributed by atoms with van der Waals surface area (Å²) in [5.74, 6) is 1.15. The Kier molecular flexibility index (Phi) is 6.46. The van der Waals surface area contributed by atoms with Crippen LogP contribution in [-0.2, 0) is 0 Å². The molecule has 0 spiro atoms. The maximum atomic E-state index is 10.8. The number of methoxy groups -OCH3 is 1. The molecule has 0 heterocycles. The van der Waals surface area contributed by atoms with Gasteiger partial charge in [0.25, 0.3) is 5.69 Å². The fourth-order valence-electron chi connectivity index (χ4n) is 2.96. The monoisotopic (exact) mass is 400 g/mol. The summed E-state index contributed by atoms with van der Waals surface area (Å²) in [7, 11) is 1.56. The van der Waals surface area contributed by atoms with Gasteiger partial charge in [0.05, 0.1) is 23.7 Å². The standard InChI is InChI=1S/C24H20N2O4/c1-17(19-6-4-3-5-7-19)30-23-13-8-18(15-24(23)29-2)14-21(16-25)20-9-11-22(12-10-20)26(27)28/h3-15,17H,1-2H3/b21-14+/t17-/m0/s1. The summed E-state index contributed by atoms with van der Waals surface area (Å²) in [5, 5.41) is 20.3. The molecule has 1 atom stereocenters. The van der Waals surface area contributed by atoms with Gasteiger partial charge in [-0.2, -0.15) is 5.26 Å². The van der Waals surface area contributed by atoms with Crippen LogP contribution in [0, 0.1) is 21.4 Å². The van der Waals surface area contributed by atoms with Gasteiger partial charge >= 0.3 is 0 Å². The Morgan fingerprint density at radius 3 is 2.37 bits per heavy atom. The van der Waals surface area contributed by atoms with Crippen molar-refractivity contribution in [1.29, 1.82) is 5.26 Å². The van der Waals surface area contributed by atoms with Crippen LogP contribution >= 0.6 is 0 Å². The van der Waals surface area contributed by atoms with Crippen LogP contribution in [0.3, 0.4) is 0 Å². The summed E-state index contributed by atoms with van der Waals surface area (Å²) in [6.45, 7) is 1.96. The molecule has 0 saturated carbocycles. The highest BCUT2D eigenvalue weighted by atomic mass is 16.6. The first-order valence-electron chi connectivity index (χ1n) is 9.28. The highest BCUT2D eigenvalue weighted by molar-refractivity contribution is 5.90. The Morgan fingerprint density at radius 2 is 1.77 bits per heavy atom. The Labute approximate surface area is 174 Å². The van der Waals surface area contributed by atoms with E-state index < -0.39 is 4.92 Å². The molecule has 6 nitrogen and oxygen atoms in total. The van der Waals surface area contributed by atoms with Gasteiger partial charge in [-0.25, -0.2) is 0 Å². The van der Waals surface area contributed by atoms with E-state index in [9.17, 15) is 15.4 Å². The normalized spacial score (nSPS) is 12.0. The molecule has 0 unspecified atom stereocenters. The summed E-state index contributed by atoms with van der Waals surface area (Å²) in [4.78, 5) is 10.3. The highest BCUT2D eigenvalue weighted by Crippen LogP contribution is 2.33. The molecule has 0 aliphatic carbocycles. The molecule has 0 radical (unpaired) electrons. The summed E-state index contributed by atoms with van der Waals surface area (Å²) < 4.78 is 11.5. The highest BCUT2D eigenvalue weighted by Gasteiger charge is 2.12. The largest absolute Gasteiger partial charge is 0.493 e. The number of ether oxygens (including phenoxy) is 2. The molecule has 0 fully saturated rings. The first-order valence-corrected chi connectivity index (χ1v) is 9.28. The smallest absolute Gasteiger partial charge is 0.269 e. The fourth-order valence-corrected chi connectivity index (χ4v) is 2.96. The Morgan fingerprint density at radius 1 is 1.07 bits per heavy atom. The summed E-state index contributed by atoms with van der Waals surface area (Å²) in [5.41, 5.74) is 2.76. The number of allylic oxidation sites excluding steroid dienone is 1. The topological polar surface area (TPSA) is 85.4 Å². The minimum absolute atomic E-state index is 0.0215. The third-order valence-electron chi connectivity index (χ3n) is 4.58. The third kappa shape index (κ3) is 4.83. The lowest BCUT2D eigenvalue weighted by Crippen LogP contribution is -2.04. The first kappa shape index (κ1) is 20.6. The molecule has 0 aliphatic heterocycles. The van der Waals surface area contributed by atoms with Gasteiger partial charge < -0.3 is 9.47 Å². The van der Waals surface area contributed by atoms with E-state index >= 15 is 0 Å². The van der Waals surface area contributed by atoms with E-state index in [4.69, 9.17) is 9.47 Å². The van der Waals surface area contributed by atoms with Gasteiger partial charge in [0.2, 0.25) is 0 Å². The van der Waals surface area contributed by atoms with Gasteiger partial charge in [-0.1, -0.05) is 36.4 Å². The number of nitriles is 1. The third-order valence-corrected chi connectivity index (χ3v) is 4.58. The van der Waals surface area contributed by atoms with Crippen LogP contribution in [0.15, 0.2) is 72.8 Å². The molecule has 30 heavy (non-hydrogen) atoms. The van der Waals surface area contributed by atoms with E-state index in [-0.39, 0.29) is 11.8 Å². The molecule has 3 aromatic rings. The van der Waals surface area contributed by atoms with Crippen LogP contribution in [-0.4, -0.2) is 12.0 Å². The molecule has 0 aromatic heterocycles. The minimum atomic E-state index is -0.473. The summed E-state index contributed by atoms with van der Waals surface area (Å²) in [6.07, 6.45) is 1.55. The summed E-state index contributed by atoms with van der Waals surface area (Å²) >= 11 is 0. The minimum Gasteiger partial charge on any atom is -0.493 e. The Hall–Kier alpha value is -4.11. The van der Waals surface area contributed by atoms with Crippen molar-refractivity contribution in [2.75, 3.05) is 7.11 Å². The van der Waals surface area contributed by atoms with E-state index in [2.05, 4.69) is 6.07 Å². The van der Waals surface area contributed by atoms with Gasteiger partial charge in [-0.3, -0.25) is 10.1 Å². The lowest BCUT2D eigenvalue weighted by Gasteiger charge is -2.17. The maximum absolute atomic E-state index is 10.8. The van der Waals surface area contributed by atoms with Crippen molar-refractivity contribution in [3.8, 4) is 17.6 Å². The van der Waals surface area contributed by atoms with Crippen molar-refractivity contribution in [2.45, 2.75) is 13.0 Å². The number of rotatable bonds is 7. The molecule has 0 saturated heterocycles. The number of non-ortho nitro benzene ring substituents is 1. The van der Waals surface area contributed by atoms with Crippen molar-refractivity contribution in [2.24, 2.45) is 0 Å². The number of hydrogen-bond donors (Lipinski definition) is 0. The lowest BCUT2D eigenvalue weighted by molar-refractivity contribution is -0.384. The van der Waals surface area contributed by atoms with Crippen molar-refractivity contribution in [3.63, 3.8) is 0 Å². The van der Waals surface area contributed by atoms with Crippen LogP contribution in [0.4, 0.5) is 5.69 Å². The van der Waals surface area contributed by atoms with E-state index in [0.717, 1.165) is 11.1 Å². The molecule has 0 amide bonds. The van der Waals surface area contributed by atoms with Crippen molar-refractivity contribution >= 4 is 17.3 Å². The zero-order valence-electron chi connectivity index (χ0n) is 16.6. The number of nitro benzene ring substituents is 1. The molecule has 0 aliphatic rings. The molecular weight excluding hydrogens is 380 g/mol. The molecule has 6 heteroatoms. The Bertz CT molecular complexity index is 1100. The second-order valence-electron chi connectivity index (χ2n) is 6.55. The average Bonchev–Trinajstić information content (AvgIpc) is 2.78. The van der Waals surface area contributed by atoms with Crippen molar-refractivity contribution < 1.29 is 14.4 Å². The molecule has 0 bridgehead atoms. The molecular formula is C24H20N2O4. The van der Waals surface area contributed by atoms with Gasteiger partial charge in [-0.15, -0.1) is 0 Å². The summed E-state index contributed by atoms with van der Waals surface area (Å²) in [6, 6.07) is 23.3. The van der Waals surface area contributed by atoms with E-state index in [1.165, 1.54) is 12.1 Å². The second kappa shape index (κ2) is 9.39. The predicted octanol–water partition coefficient (Wildman–Crippen LogP) is 5.81. The Balaban J connectivity index is 1.85. The van der Waals surface area contributed by atoms with Crippen LogP contribution in [0.5, 0.6) is 11.5 Å². The van der Waals surface area contributed by atoms with Gasteiger partial charge in [0, 0.05) is 12.1 Å². The quantitative estimate of drug-likeness (QED) is 0.216. The number of nitro groups is 1. The van der Waals surface area contributed by atoms with Gasteiger partial charge in [0.15, 0.2) is 11.5 Å². The van der Waals surface area contributed by atoms with Gasteiger partial charge in [-0.05, 0) is 54.0 Å². The molecule has 0 N–H and O–H groups in total. The van der Waals surface area contributed by atoms with Gasteiger partial charge in [0.1, 0.15) is 6.10 Å². The van der Waals surface area contributed by atoms with Crippen LogP contribution in [0.1, 0.15) is 29.7 Å². The lowest BCUT2D eigenvalue weighted by atomic mass is 10.0. The maximum Gasteiger partial charge on any atom is 0.269 e. The first-order chi connectivity index (χ1) is 14.5. The average molecular weight is 400 g/mol. The number of nitrogens with zero attached hydrogens (tertiary/aromatic N) is 2. The fraction of sp³-hybridized carbons (Fsp3) is 0.125. The van der Waals surface area contributed by atoms with E-state index in [1.54, 1.807) is 37.5 Å². The van der Waals surface area contributed by atoms with Crippen LogP contribution < -0.4 is 9.47 Å². The van der Waals surface area contributed by atoms with Crippen LogP contribution in [0.2, 0.25) is 0 Å². The van der Waals surface area contributed by atoms with E-state index in [1.807, 2.05) is 43.3 Å². The number of hydrogen-bond acceptors (Lipinski definition) is 5. The SMILES string of the molecule is COc1cc(/C=C(\C#N)c2ccc([N+](=O)[O-])cc2)ccc1O[C@@H](C)c1ccccc1. The zero-order chi connectivity index (χ0) is 21.5. The van der Waals surface area contributed by atoms with Crippen molar-refractivity contribution in [1.82, 2.24) is 0 Å². The van der Waals surface area contributed by atoms with Crippen molar-refractivity contribution in [3.05, 3.63) is 99.6 Å². The zero-order valence-corrected chi connectivity index (χ0v) is 16.6. The molecule has 3 aromatic carbocycles. The number of benzene rings is 3.